The van der Waals surface area contributed by atoms with E-state index in [1.165, 1.54) is 32.1 Å². The third kappa shape index (κ3) is 2.71. The Kier molecular flexibility index (Phi) is 5.64. The quantitative estimate of drug-likeness (QED) is 0.678. The Balaban J connectivity index is 0.000000516. The molecule has 106 valence electrons. The molecule has 3 fully saturated rings. The van der Waals surface area contributed by atoms with Crippen molar-refractivity contribution in [3.05, 3.63) is 0 Å². The summed E-state index contributed by atoms with van der Waals surface area (Å²) in [5.41, 5.74) is 0. The van der Waals surface area contributed by atoms with Gasteiger partial charge >= 0.3 is 5.97 Å². The van der Waals surface area contributed by atoms with Crippen molar-refractivity contribution in [1.82, 2.24) is 0 Å². The van der Waals surface area contributed by atoms with Gasteiger partial charge in [-0.25, -0.2) is 0 Å². The number of carbonyl (C=O) groups is 1. The Labute approximate surface area is 111 Å². The van der Waals surface area contributed by atoms with E-state index in [9.17, 15) is 4.79 Å². The molecular formula is C15H28O3. The molecule has 3 rings (SSSR count). The molecule has 0 aromatic rings. The summed E-state index contributed by atoms with van der Waals surface area (Å²) in [5.74, 6) is 2.61. The first kappa shape index (κ1) is 15.5. The van der Waals surface area contributed by atoms with Gasteiger partial charge in [0.05, 0.1) is 5.92 Å². The van der Waals surface area contributed by atoms with Crippen molar-refractivity contribution in [1.29, 1.82) is 0 Å². The molecule has 1 N–H and O–H groups in total. The number of hydrogen-bond donors (Lipinski definition) is 1. The lowest BCUT2D eigenvalue weighted by Gasteiger charge is -2.40. The summed E-state index contributed by atoms with van der Waals surface area (Å²) in [6.07, 6.45) is 8.10. The smallest absolute Gasteiger partial charge is 0.309 e. The number of ether oxygens (including phenoxy) is 1. The van der Waals surface area contributed by atoms with Crippen LogP contribution in [0.25, 0.3) is 0 Å². The van der Waals surface area contributed by atoms with E-state index in [2.05, 4.69) is 6.92 Å². The van der Waals surface area contributed by atoms with E-state index in [0.29, 0.717) is 5.92 Å². The van der Waals surface area contributed by atoms with Crippen LogP contribution in [0.3, 0.4) is 0 Å². The summed E-state index contributed by atoms with van der Waals surface area (Å²) in [6, 6.07) is 0. The molecule has 5 atom stereocenters. The topological polar surface area (TPSA) is 46.5 Å². The van der Waals surface area contributed by atoms with Crippen molar-refractivity contribution in [3.63, 3.8) is 0 Å². The van der Waals surface area contributed by atoms with Crippen LogP contribution in [0.2, 0.25) is 0 Å². The fourth-order valence-corrected chi connectivity index (χ4v) is 4.07. The third-order valence-corrected chi connectivity index (χ3v) is 4.92. The Bertz CT molecular complexity index is 277. The number of carbonyl (C=O) groups excluding carboxylic acids is 1. The zero-order chi connectivity index (χ0) is 12.4. The Morgan fingerprint density at radius 1 is 1.11 bits per heavy atom. The molecule has 3 nitrogen and oxygen atoms in total. The van der Waals surface area contributed by atoms with Gasteiger partial charge < -0.3 is 9.84 Å². The number of hydrogen-bond acceptors (Lipinski definition) is 3. The fraction of sp³-hybridized carbons (Fsp3) is 0.933. The molecule has 1 saturated heterocycles. The molecule has 3 aliphatic rings. The molecule has 0 radical (unpaired) electrons. The second-order valence-electron chi connectivity index (χ2n) is 5.69. The second kappa shape index (κ2) is 6.55. The molecule has 1 aliphatic heterocycles. The van der Waals surface area contributed by atoms with Gasteiger partial charge in [-0.05, 0) is 31.6 Å². The van der Waals surface area contributed by atoms with Crippen molar-refractivity contribution in [3.8, 4) is 0 Å². The minimum Gasteiger partial charge on any atom is -0.462 e. The largest absolute Gasteiger partial charge is 0.462 e. The Hall–Kier alpha value is -0.570. The van der Waals surface area contributed by atoms with Crippen molar-refractivity contribution in [2.24, 2.45) is 23.7 Å². The third-order valence-electron chi connectivity index (χ3n) is 4.92. The SMILES string of the molecule is C.CC1OC(=O)C2CC3CCCCC3CC12.CO. The van der Waals surface area contributed by atoms with Gasteiger partial charge in [-0.15, -0.1) is 0 Å². The minimum atomic E-state index is 0. The first-order valence-electron chi connectivity index (χ1n) is 6.91. The van der Waals surface area contributed by atoms with Crippen molar-refractivity contribution < 1.29 is 14.6 Å². The average molecular weight is 256 g/mol. The molecule has 0 spiro atoms. The van der Waals surface area contributed by atoms with Gasteiger partial charge in [0.15, 0.2) is 0 Å². The van der Waals surface area contributed by atoms with Crippen molar-refractivity contribution in [2.45, 2.75) is 59.0 Å². The summed E-state index contributed by atoms with van der Waals surface area (Å²) in [7, 11) is 1.00. The van der Waals surface area contributed by atoms with Crippen LogP contribution in [0.15, 0.2) is 0 Å². The second-order valence-corrected chi connectivity index (χ2v) is 5.69. The maximum Gasteiger partial charge on any atom is 0.309 e. The van der Waals surface area contributed by atoms with Crippen molar-refractivity contribution in [2.75, 3.05) is 7.11 Å². The molecule has 0 amide bonds. The number of esters is 1. The van der Waals surface area contributed by atoms with Crippen LogP contribution in [-0.2, 0) is 9.53 Å². The predicted molar refractivity (Wildman–Crippen MR) is 72.1 cm³/mol. The number of aliphatic hydroxyl groups excluding tert-OH is 1. The molecule has 0 aromatic carbocycles. The van der Waals surface area contributed by atoms with E-state index < -0.39 is 0 Å². The van der Waals surface area contributed by atoms with Crippen LogP contribution in [0.4, 0.5) is 0 Å². The number of fused-ring (bicyclic) bond motifs is 2. The van der Waals surface area contributed by atoms with E-state index in [0.717, 1.165) is 25.4 Å². The molecular weight excluding hydrogens is 228 g/mol. The molecule has 1 heterocycles. The van der Waals surface area contributed by atoms with Gasteiger partial charge in [-0.1, -0.05) is 33.1 Å². The van der Waals surface area contributed by atoms with Gasteiger partial charge in [-0.3, -0.25) is 4.79 Å². The van der Waals surface area contributed by atoms with E-state index in [-0.39, 0.29) is 25.4 Å². The van der Waals surface area contributed by atoms with Crippen LogP contribution in [0.5, 0.6) is 0 Å². The maximum atomic E-state index is 11.7. The lowest BCUT2D eigenvalue weighted by atomic mass is 9.63. The van der Waals surface area contributed by atoms with Gasteiger partial charge in [0, 0.05) is 13.0 Å². The summed E-state index contributed by atoms with van der Waals surface area (Å²) < 4.78 is 5.38. The van der Waals surface area contributed by atoms with E-state index in [1.807, 2.05) is 0 Å². The highest BCUT2D eigenvalue weighted by molar-refractivity contribution is 5.75. The standard InChI is InChI=1S/C13H20O2.CH4O.CH4/c1-8-11-6-9-4-2-3-5-10(9)7-12(11)13(14)15-8;1-2;/h8-12H,2-7H2,1H3;2H,1H3;1H4. The first-order chi connectivity index (χ1) is 8.25. The van der Waals surface area contributed by atoms with Gasteiger partial charge in [0.25, 0.3) is 0 Å². The maximum absolute atomic E-state index is 11.7. The summed E-state index contributed by atoms with van der Waals surface area (Å²) in [5, 5.41) is 7.00. The molecule has 3 heteroatoms. The van der Waals surface area contributed by atoms with Crippen LogP contribution in [0, 0.1) is 23.7 Å². The molecule has 2 aliphatic carbocycles. The van der Waals surface area contributed by atoms with Gasteiger partial charge in [-0.2, -0.15) is 0 Å². The minimum absolute atomic E-state index is 0. The van der Waals surface area contributed by atoms with E-state index in [4.69, 9.17) is 9.84 Å². The lowest BCUT2D eigenvalue weighted by molar-refractivity contribution is -0.144. The van der Waals surface area contributed by atoms with E-state index >= 15 is 0 Å². The summed E-state index contributed by atoms with van der Waals surface area (Å²) in [4.78, 5) is 11.7. The highest BCUT2D eigenvalue weighted by Gasteiger charge is 2.48. The monoisotopic (exact) mass is 256 g/mol. The first-order valence-corrected chi connectivity index (χ1v) is 6.91. The zero-order valence-electron chi connectivity index (χ0n) is 10.9. The molecule has 2 saturated carbocycles. The molecule has 0 aromatic heterocycles. The Morgan fingerprint density at radius 2 is 1.67 bits per heavy atom. The van der Waals surface area contributed by atoms with Gasteiger partial charge in [0.1, 0.15) is 6.10 Å². The van der Waals surface area contributed by atoms with E-state index in [1.54, 1.807) is 0 Å². The Morgan fingerprint density at radius 3 is 2.28 bits per heavy atom. The van der Waals surface area contributed by atoms with Crippen LogP contribution in [0.1, 0.15) is 52.9 Å². The van der Waals surface area contributed by atoms with Crippen LogP contribution in [-0.4, -0.2) is 24.3 Å². The van der Waals surface area contributed by atoms with Crippen LogP contribution >= 0.6 is 0 Å². The average Bonchev–Trinajstić information content (AvgIpc) is 2.65. The zero-order valence-corrected chi connectivity index (χ0v) is 10.9. The summed E-state index contributed by atoms with van der Waals surface area (Å²) in [6.45, 7) is 2.08. The lowest BCUT2D eigenvalue weighted by Crippen LogP contribution is -2.35. The normalized spacial score (nSPS) is 41.5. The molecule has 5 unspecified atom stereocenters. The fourth-order valence-electron chi connectivity index (χ4n) is 4.07. The van der Waals surface area contributed by atoms with Crippen molar-refractivity contribution >= 4 is 5.97 Å². The number of aliphatic hydroxyl groups is 1. The molecule has 18 heavy (non-hydrogen) atoms. The van der Waals surface area contributed by atoms with Crippen LogP contribution < -0.4 is 0 Å². The highest BCUT2D eigenvalue weighted by atomic mass is 16.6. The van der Waals surface area contributed by atoms with Gasteiger partial charge in [0.2, 0.25) is 0 Å². The molecule has 0 bridgehead atoms. The summed E-state index contributed by atoms with van der Waals surface area (Å²) >= 11 is 0. The number of cyclic esters (lactones) is 1. The number of rotatable bonds is 0. The predicted octanol–water partition coefficient (Wildman–Crippen LogP) is 3.01. The highest BCUT2D eigenvalue weighted by Crippen LogP contribution is 2.49.